The molecule has 0 radical (unpaired) electrons. The lowest BCUT2D eigenvalue weighted by atomic mass is 10.2. The average molecular weight is 301 g/mol. The zero-order valence-electron chi connectivity index (χ0n) is 9.89. The molecule has 2 aromatic rings. The lowest BCUT2D eigenvalue weighted by Crippen LogP contribution is -2.03. The SMILES string of the molecule is Oc1ccc(C(F)(F)F)cc1N=Cc1ccncc1Cl. The number of phenolic OH excluding ortho intramolecular Hbond substituents is 1. The number of aromatic nitrogens is 1. The Morgan fingerprint density at radius 2 is 2.00 bits per heavy atom. The molecule has 7 heteroatoms. The van der Waals surface area contributed by atoms with Gasteiger partial charge in [0, 0.05) is 24.2 Å². The maximum Gasteiger partial charge on any atom is 0.416 e. The summed E-state index contributed by atoms with van der Waals surface area (Å²) < 4.78 is 37.7. The average Bonchev–Trinajstić information content (AvgIpc) is 2.38. The monoisotopic (exact) mass is 300 g/mol. The summed E-state index contributed by atoms with van der Waals surface area (Å²) >= 11 is 5.84. The van der Waals surface area contributed by atoms with Crippen molar-refractivity contribution < 1.29 is 18.3 Å². The quantitative estimate of drug-likeness (QED) is 0.844. The Balaban J connectivity index is 2.36. The Morgan fingerprint density at radius 3 is 2.65 bits per heavy atom. The summed E-state index contributed by atoms with van der Waals surface area (Å²) in [7, 11) is 0. The van der Waals surface area contributed by atoms with Crippen molar-refractivity contribution in [3.05, 3.63) is 52.8 Å². The molecule has 1 aromatic heterocycles. The minimum atomic E-state index is -4.49. The van der Waals surface area contributed by atoms with Crippen molar-refractivity contribution in [2.75, 3.05) is 0 Å². The maximum absolute atomic E-state index is 12.6. The number of rotatable bonds is 2. The molecular formula is C13H8ClF3N2O. The Labute approximate surface area is 117 Å². The van der Waals surface area contributed by atoms with E-state index in [0.717, 1.165) is 18.2 Å². The van der Waals surface area contributed by atoms with Crippen LogP contribution < -0.4 is 0 Å². The Morgan fingerprint density at radius 1 is 1.25 bits per heavy atom. The Hall–Kier alpha value is -2.08. The van der Waals surface area contributed by atoms with Crippen molar-refractivity contribution in [1.29, 1.82) is 0 Å². The van der Waals surface area contributed by atoms with E-state index in [1.807, 2.05) is 0 Å². The summed E-state index contributed by atoms with van der Waals surface area (Å²) in [6.45, 7) is 0. The smallest absolute Gasteiger partial charge is 0.416 e. The van der Waals surface area contributed by atoms with Crippen LogP contribution in [-0.4, -0.2) is 16.3 Å². The van der Waals surface area contributed by atoms with E-state index in [0.29, 0.717) is 10.6 Å². The second kappa shape index (κ2) is 5.50. The van der Waals surface area contributed by atoms with Crippen LogP contribution in [0.1, 0.15) is 11.1 Å². The minimum absolute atomic E-state index is 0.187. The first-order valence-electron chi connectivity index (χ1n) is 5.42. The van der Waals surface area contributed by atoms with Crippen LogP contribution in [0.25, 0.3) is 0 Å². The van der Waals surface area contributed by atoms with E-state index in [1.54, 1.807) is 6.07 Å². The topological polar surface area (TPSA) is 45.5 Å². The highest BCUT2D eigenvalue weighted by Crippen LogP contribution is 2.35. The van der Waals surface area contributed by atoms with E-state index < -0.39 is 11.7 Å². The largest absolute Gasteiger partial charge is 0.506 e. The molecule has 0 aliphatic carbocycles. The van der Waals surface area contributed by atoms with Crippen LogP contribution >= 0.6 is 11.6 Å². The van der Waals surface area contributed by atoms with Gasteiger partial charge in [0.05, 0.1) is 10.6 Å². The van der Waals surface area contributed by atoms with Gasteiger partial charge in [-0.05, 0) is 24.3 Å². The van der Waals surface area contributed by atoms with E-state index in [1.165, 1.54) is 18.6 Å². The van der Waals surface area contributed by atoms with E-state index in [4.69, 9.17) is 11.6 Å². The molecule has 0 saturated carbocycles. The fraction of sp³-hybridized carbons (Fsp3) is 0.0769. The molecule has 1 N–H and O–H groups in total. The van der Waals surface area contributed by atoms with Crippen LogP contribution in [0.15, 0.2) is 41.7 Å². The van der Waals surface area contributed by atoms with Gasteiger partial charge in [-0.25, -0.2) is 0 Å². The molecule has 0 amide bonds. The van der Waals surface area contributed by atoms with E-state index in [2.05, 4.69) is 9.98 Å². The first kappa shape index (κ1) is 14.3. The molecule has 1 heterocycles. The highest BCUT2D eigenvalue weighted by Gasteiger charge is 2.31. The lowest BCUT2D eigenvalue weighted by molar-refractivity contribution is -0.137. The molecule has 0 spiro atoms. The molecule has 0 fully saturated rings. The third-order valence-corrected chi connectivity index (χ3v) is 2.77. The highest BCUT2D eigenvalue weighted by atomic mass is 35.5. The molecule has 20 heavy (non-hydrogen) atoms. The standard InChI is InChI=1S/C13H8ClF3N2O/c14-10-7-18-4-3-8(10)6-19-11-5-9(13(15,16)17)1-2-12(11)20/h1-7,20H. The molecule has 1 aromatic carbocycles. The molecule has 0 unspecified atom stereocenters. The third kappa shape index (κ3) is 3.27. The van der Waals surface area contributed by atoms with Gasteiger partial charge >= 0.3 is 6.18 Å². The second-order valence-electron chi connectivity index (χ2n) is 3.86. The molecule has 0 atom stereocenters. The lowest BCUT2D eigenvalue weighted by Gasteiger charge is -2.07. The highest BCUT2D eigenvalue weighted by molar-refractivity contribution is 6.32. The van der Waals surface area contributed by atoms with Crippen molar-refractivity contribution >= 4 is 23.5 Å². The van der Waals surface area contributed by atoms with Gasteiger partial charge in [-0.1, -0.05) is 11.6 Å². The summed E-state index contributed by atoms with van der Waals surface area (Å²) in [5.41, 5.74) is -0.588. The summed E-state index contributed by atoms with van der Waals surface area (Å²) in [6, 6.07) is 4.05. The van der Waals surface area contributed by atoms with Crippen molar-refractivity contribution in [1.82, 2.24) is 4.98 Å². The number of hydrogen-bond donors (Lipinski definition) is 1. The Kier molecular flexibility index (Phi) is 3.94. The minimum Gasteiger partial charge on any atom is -0.506 e. The van der Waals surface area contributed by atoms with Crippen LogP contribution in [0, 0.1) is 0 Å². The third-order valence-electron chi connectivity index (χ3n) is 2.45. The molecular weight excluding hydrogens is 293 g/mol. The number of pyridine rings is 1. The fourth-order valence-corrected chi connectivity index (χ4v) is 1.60. The van der Waals surface area contributed by atoms with E-state index in [9.17, 15) is 18.3 Å². The zero-order chi connectivity index (χ0) is 14.8. The van der Waals surface area contributed by atoms with Crippen molar-refractivity contribution in [2.24, 2.45) is 4.99 Å². The predicted molar refractivity (Wildman–Crippen MR) is 69.6 cm³/mol. The number of aliphatic imine (C=N–C) groups is 1. The number of phenols is 1. The van der Waals surface area contributed by atoms with Crippen LogP contribution in [-0.2, 0) is 6.18 Å². The summed E-state index contributed by atoms with van der Waals surface area (Å²) in [5.74, 6) is -0.348. The van der Waals surface area contributed by atoms with Gasteiger partial charge in [0.1, 0.15) is 11.4 Å². The van der Waals surface area contributed by atoms with Crippen LogP contribution in [0.2, 0.25) is 5.02 Å². The van der Waals surface area contributed by atoms with Gasteiger partial charge in [-0.2, -0.15) is 13.2 Å². The molecule has 0 aliphatic rings. The molecule has 0 bridgehead atoms. The van der Waals surface area contributed by atoms with Gasteiger partial charge in [0.25, 0.3) is 0 Å². The van der Waals surface area contributed by atoms with Gasteiger partial charge < -0.3 is 5.11 Å². The number of hydrogen-bond acceptors (Lipinski definition) is 3. The molecule has 2 rings (SSSR count). The summed E-state index contributed by atoms with van der Waals surface area (Å²) in [6.07, 6.45) is -0.375. The summed E-state index contributed by atoms with van der Waals surface area (Å²) in [4.78, 5) is 7.60. The maximum atomic E-state index is 12.6. The summed E-state index contributed by atoms with van der Waals surface area (Å²) in [5, 5.41) is 9.83. The fourth-order valence-electron chi connectivity index (χ4n) is 1.43. The second-order valence-corrected chi connectivity index (χ2v) is 4.26. The molecule has 0 saturated heterocycles. The van der Waals surface area contributed by atoms with Gasteiger partial charge in [-0.15, -0.1) is 0 Å². The molecule has 3 nitrogen and oxygen atoms in total. The van der Waals surface area contributed by atoms with Gasteiger partial charge in [0.2, 0.25) is 0 Å². The normalized spacial score (nSPS) is 12.0. The van der Waals surface area contributed by atoms with E-state index >= 15 is 0 Å². The number of nitrogens with zero attached hydrogens (tertiary/aromatic N) is 2. The first-order valence-corrected chi connectivity index (χ1v) is 5.79. The number of alkyl halides is 3. The Bertz CT molecular complexity index is 656. The van der Waals surface area contributed by atoms with Crippen LogP contribution in [0.3, 0.4) is 0 Å². The number of halogens is 4. The first-order chi connectivity index (χ1) is 9.38. The van der Waals surface area contributed by atoms with Crippen molar-refractivity contribution in [3.8, 4) is 5.75 Å². The van der Waals surface area contributed by atoms with Crippen LogP contribution in [0.4, 0.5) is 18.9 Å². The molecule has 0 aliphatic heterocycles. The number of benzene rings is 1. The van der Waals surface area contributed by atoms with Crippen molar-refractivity contribution in [3.63, 3.8) is 0 Å². The van der Waals surface area contributed by atoms with Crippen LogP contribution in [0.5, 0.6) is 5.75 Å². The van der Waals surface area contributed by atoms with E-state index in [-0.39, 0.29) is 11.4 Å². The van der Waals surface area contributed by atoms with Gasteiger partial charge in [-0.3, -0.25) is 9.98 Å². The van der Waals surface area contributed by atoms with Crippen molar-refractivity contribution in [2.45, 2.75) is 6.18 Å². The molecule has 104 valence electrons. The zero-order valence-corrected chi connectivity index (χ0v) is 10.7. The predicted octanol–water partition coefficient (Wildman–Crippen LogP) is 4.21. The number of aromatic hydroxyl groups is 1. The van der Waals surface area contributed by atoms with Gasteiger partial charge in [0.15, 0.2) is 0 Å².